The van der Waals surface area contributed by atoms with E-state index in [1.807, 2.05) is 0 Å². The predicted octanol–water partition coefficient (Wildman–Crippen LogP) is 4.47. The number of rotatable bonds is 5. The molecular formula is C27H52N4P2. The molecule has 4 N–H and O–H groups in total. The molecule has 6 heteroatoms. The Balaban J connectivity index is 2.11. The average molecular weight is 495 g/mol. The highest BCUT2D eigenvalue weighted by Crippen LogP contribution is 2.62. The van der Waals surface area contributed by atoms with Gasteiger partial charge >= 0.3 is 0 Å². The van der Waals surface area contributed by atoms with Gasteiger partial charge in [-0.15, -0.1) is 9.24 Å². The van der Waals surface area contributed by atoms with Gasteiger partial charge < -0.3 is 21.3 Å². The summed E-state index contributed by atoms with van der Waals surface area (Å²) in [6, 6.07) is 0.809. The van der Waals surface area contributed by atoms with Crippen LogP contribution in [0.2, 0.25) is 0 Å². The lowest BCUT2D eigenvalue weighted by Crippen LogP contribution is -2.69. The van der Waals surface area contributed by atoms with E-state index in [0.717, 1.165) is 45.7 Å². The van der Waals surface area contributed by atoms with Crippen LogP contribution in [0, 0.1) is 5.41 Å². The summed E-state index contributed by atoms with van der Waals surface area (Å²) in [5.74, 6) is 0. The van der Waals surface area contributed by atoms with Crippen LogP contribution in [0.25, 0.3) is 0 Å². The van der Waals surface area contributed by atoms with Gasteiger partial charge in [-0.1, -0.05) is 81.9 Å². The van der Waals surface area contributed by atoms with Gasteiger partial charge in [0.2, 0.25) is 0 Å². The molecule has 0 aromatic rings. The first-order valence-corrected chi connectivity index (χ1v) is 15.1. The lowest BCUT2D eigenvalue weighted by atomic mass is 9.77. The van der Waals surface area contributed by atoms with Crippen molar-refractivity contribution in [3.8, 4) is 0 Å². The standard InChI is InChI=1S/C27H52N4P2/c1-24(2,3)20-14-19(18-33(25(4,5)6)26(7,8)9)21(15-20)27(32,22-16-28-10-12-30-22)23-17-29-11-13-31-23/h14,22-23,28-31H,10-13,15-18,32H2,1-9H3. The summed E-state index contributed by atoms with van der Waals surface area (Å²) in [7, 11) is 3.21. The molecule has 0 aromatic carbocycles. The molecular weight excluding hydrogens is 442 g/mol. The zero-order valence-electron chi connectivity index (χ0n) is 22.9. The Morgan fingerprint density at radius 1 is 0.818 bits per heavy atom. The fourth-order valence-electron chi connectivity index (χ4n) is 6.00. The van der Waals surface area contributed by atoms with Crippen LogP contribution in [0.5, 0.6) is 0 Å². The van der Waals surface area contributed by atoms with Crippen molar-refractivity contribution in [1.82, 2.24) is 21.3 Å². The van der Waals surface area contributed by atoms with Crippen LogP contribution in [0.15, 0.2) is 22.8 Å². The Morgan fingerprint density at radius 2 is 1.30 bits per heavy atom. The summed E-state index contributed by atoms with van der Waals surface area (Å²) in [6.07, 6.45) is 4.94. The number of hydrogen-bond donors (Lipinski definition) is 4. The van der Waals surface area contributed by atoms with Gasteiger partial charge in [0.25, 0.3) is 0 Å². The Hall–Kier alpha value is 0.180. The third-order valence-corrected chi connectivity index (χ3v) is 12.8. The van der Waals surface area contributed by atoms with Gasteiger partial charge in [0, 0.05) is 56.5 Å². The molecule has 0 radical (unpaired) electrons. The average Bonchev–Trinajstić information content (AvgIpc) is 3.16. The Labute approximate surface area is 208 Å². The largest absolute Gasteiger partial charge is 0.314 e. The molecule has 190 valence electrons. The first-order valence-electron chi connectivity index (χ1n) is 13.0. The second kappa shape index (κ2) is 10.3. The highest BCUT2D eigenvalue weighted by Gasteiger charge is 2.48. The van der Waals surface area contributed by atoms with E-state index < -0.39 is 0 Å². The number of nitrogens with one attached hydrogen (secondary N) is 4. The molecule has 3 unspecified atom stereocenters. The number of piperazine rings is 2. The van der Waals surface area contributed by atoms with E-state index in [4.69, 9.17) is 0 Å². The molecule has 4 nitrogen and oxygen atoms in total. The van der Waals surface area contributed by atoms with Crippen molar-refractivity contribution in [1.29, 1.82) is 0 Å². The van der Waals surface area contributed by atoms with Crippen molar-refractivity contribution in [3.05, 3.63) is 22.8 Å². The Morgan fingerprint density at radius 3 is 1.67 bits per heavy atom. The van der Waals surface area contributed by atoms with Crippen LogP contribution in [0.4, 0.5) is 0 Å². The molecule has 2 saturated heterocycles. The summed E-state index contributed by atoms with van der Waals surface area (Å²) in [6.45, 7) is 28.2. The Kier molecular flexibility index (Phi) is 8.64. The minimum Gasteiger partial charge on any atom is -0.314 e. The third-order valence-electron chi connectivity index (χ3n) is 7.77. The van der Waals surface area contributed by atoms with Gasteiger partial charge in [0.15, 0.2) is 0 Å². The van der Waals surface area contributed by atoms with Crippen molar-refractivity contribution in [3.63, 3.8) is 0 Å². The lowest BCUT2D eigenvalue weighted by Gasteiger charge is -2.50. The van der Waals surface area contributed by atoms with Crippen LogP contribution in [0.3, 0.4) is 0 Å². The van der Waals surface area contributed by atoms with Gasteiger partial charge in [-0.05, 0) is 39.5 Å². The summed E-state index contributed by atoms with van der Waals surface area (Å²) in [4.78, 5) is 0. The van der Waals surface area contributed by atoms with Gasteiger partial charge in [0.1, 0.15) is 0 Å². The van der Waals surface area contributed by atoms with Crippen LogP contribution in [-0.4, -0.2) is 73.0 Å². The van der Waals surface area contributed by atoms with E-state index in [1.165, 1.54) is 6.16 Å². The molecule has 3 aliphatic rings. The van der Waals surface area contributed by atoms with Crippen molar-refractivity contribution < 1.29 is 0 Å². The second-order valence-electron chi connectivity index (χ2n) is 13.4. The summed E-state index contributed by atoms with van der Waals surface area (Å²) in [5.41, 5.74) is 5.09. The minimum absolute atomic E-state index is 0.0174. The van der Waals surface area contributed by atoms with Crippen LogP contribution in [0.1, 0.15) is 68.7 Å². The quantitative estimate of drug-likeness (QED) is 0.426. The maximum absolute atomic E-state index is 3.92. The van der Waals surface area contributed by atoms with Crippen molar-refractivity contribution in [2.24, 2.45) is 5.41 Å². The molecule has 3 rings (SSSR count). The monoisotopic (exact) mass is 494 g/mol. The molecule has 0 bridgehead atoms. The van der Waals surface area contributed by atoms with Gasteiger partial charge in [0.05, 0.1) is 0 Å². The number of allylic oxidation sites excluding steroid dienone is 3. The zero-order chi connectivity index (χ0) is 24.7. The van der Waals surface area contributed by atoms with E-state index in [1.54, 1.807) is 16.7 Å². The van der Waals surface area contributed by atoms with E-state index in [0.29, 0.717) is 22.4 Å². The maximum Gasteiger partial charge on any atom is 0.0395 e. The van der Waals surface area contributed by atoms with Gasteiger partial charge in [-0.3, -0.25) is 0 Å². The van der Waals surface area contributed by atoms with Crippen molar-refractivity contribution in [2.75, 3.05) is 45.4 Å². The fraction of sp³-hybridized carbons (Fsp3) is 0.852. The smallest absolute Gasteiger partial charge is 0.0395 e. The van der Waals surface area contributed by atoms with Crippen LogP contribution in [-0.2, 0) is 0 Å². The van der Waals surface area contributed by atoms with Crippen molar-refractivity contribution >= 4 is 17.2 Å². The first kappa shape index (κ1) is 27.8. The molecule has 0 spiro atoms. The van der Waals surface area contributed by atoms with Crippen LogP contribution < -0.4 is 21.3 Å². The molecule has 2 fully saturated rings. The van der Waals surface area contributed by atoms with E-state index in [9.17, 15) is 0 Å². The molecule has 2 heterocycles. The summed E-state index contributed by atoms with van der Waals surface area (Å²) in [5, 5.41) is 15.8. The van der Waals surface area contributed by atoms with E-state index in [2.05, 4.69) is 98.9 Å². The Bertz CT molecular complexity index is 708. The van der Waals surface area contributed by atoms with Crippen LogP contribution >= 0.6 is 17.2 Å². The normalized spacial score (nSPS) is 27.7. The maximum atomic E-state index is 3.92. The molecule has 33 heavy (non-hydrogen) atoms. The SMILES string of the molecule is CC(C)(C)C1=CC(CP(C(C)(C)C)C(C)(C)C)=C(C(P)(C2CNCCN2)C2CNCCN2)C1. The highest BCUT2D eigenvalue weighted by molar-refractivity contribution is 7.61. The van der Waals surface area contributed by atoms with Gasteiger partial charge in [-0.2, -0.15) is 0 Å². The molecule has 0 amide bonds. The number of hydrogen-bond acceptors (Lipinski definition) is 4. The predicted molar refractivity (Wildman–Crippen MR) is 152 cm³/mol. The second-order valence-corrected chi connectivity index (χ2v) is 18.2. The molecule has 3 atom stereocenters. The molecule has 0 saturated carbocycles. The lowest BCUT2D eigenvalue weighted by molar-refractivity contribution is 0.276. The third kappa shape index (κ3) is 6.31. The van der Waals surface area contributed by atoms with E-state index >= 15 is 0 Å². The zero-order valence-corrected chi connectivity index (χ0v) is 25.0. The van der Waals surface area contributed by atoms with Crippen molar-refractivity contribution in [2.45, 2.75) is 96.3 Å². The topological polar surface area (TPSA) is 48.1 Å². The molecule has 1 aliphatic carbocycles. The highest BCUT2D eigenvalue weighted by atomic mass is 31.1. The minimum atomic E-state index is -0.201. The summed E-state index contributed by atoms with van der Waals surface area (Å²) < 4.78 is 0. The fourth-order valence-corrected chi connectivity index (χ4v) is 10.3. The first-order chi connectivity index (χ1) is 15.1. The van der Waals surface area contributed by atoms with E-state index in [-0.39, 0.29) is 18.5 Å². The summed E-state index contributed by atoms with van der Waals surface area (Å²) >= 11 is 0. The molecule has 0 aromatic heterocycles. The van der Waals surface area contributed by atoms with Gasteiger partial charge in [-0.25, -0.2) is 0 Å². The molecule has 2 aliphatic heterocycles.